The van der Waals surface area contributed by atoms with Crippen LogP contribution < -0.4 is 5.32 Å². The molecule has 2 atom stereocenters. The highest BCUT2D eigenvalue weighted by Crippen LogP contribution is 2.40. The van der Waals surface area contributed by atoms with E-state index < -0.39 is 21.6 Å². The molecule has 1 unspecified atom stereocenters. The minimum Gasteiger partial charge on any atom is -0.342 e. The molecule has 10 nitrogen and oxygen atoms in total. The Morgan fingerprint density at radius 1 is 1.05 bits per heavy atom. The Morgan fingerprint density at radius 3 is 2.16 bits per heavy atom. The summed E-state index contributed by atoms with van der Waals surface area (Å²) in [5, 5.41) is 10.7. The lowest BCUT2D eigenvalue weighted by Gasteiger charge is -2.52. The molecule has 0 saturated carbocycles. The maximum atomic E-state index is 13.8. The molecule has 3 heterocycles. The molecule has 2 amide bonds. The van der Waals surface area contributed by atoms with Crippen molar-refractivity contribution in [1.29, 1.82) is 0 Å². The van der Waals surface area contributed by atoms with Gasteiger partial charge in [-0.3, -0.25) is 19.6 Å². The standard InChI is InChI=1S/C32H50N6O4S.ClH/c1-8-11-18-38-30(39)27(21-22(4)5)33-31(40)32(38)16-19-36(20-17-32)29(28-23(6)34-35-24(28)7)25-12-14-26(15-13-25)43(41,42)37(9-2)10-3;/h12-15,22,27,29H,8-11,16-21H2,1-7H3,(H,33,40)(H,34,35);1H/t27-,29?;/m0./s1. The Labute approximate surface area is 269 Å². The van der Waals surface area contributed by atoms with Gasteiger partial charge in [0.05, 0.1) is 16.6 Å². The molecule has 246 valence electrons. The third-order valence-electron chi connectivity index (χ3n) is 9.24. The van der Waals surface area contributed by atoms with Gasteiger partial charge in [0.15, 0.2) is 0 Å². The van der Waals surface area contributed by atoms with Crippen molar-refractivity contribution in [3.8, 4) is 0 Å². The highest BCUT2D eigenvalue weighted by molar-refractivity contribution is 7.89. The van der Waals surface area contributed by atoms with Gasteiger partial charge in [0, 0.05) is 44.0 Å². The van der Waals surface area contributed by atoms with Crippen molar-refractivity contribution in [1.82, 2.24) is 29.6 Å². The van der Waals surface area contributed by atoms with Crippen LogP contribution in [0, 0.1) is 19.8 Å². The third kappa shape index (κ3) is 6.85. The number of sulfonamides is 1. The zero-order valence-electron chi connectivity index (χ0n) is 27.4. The van der Waals surface area contributed by atoms with Gasteiger partial charge in [-0.05, 0) is 63.1 Å². The predicted molar refractivity (Wildman–Crippen MR) is 175 cm³/mol. The second kappa shape index (κ2) is 14.7. The average molecular weight is 651 g/mol. The van der Waals surface area contributed by atoms with Crippen LogP contribution >= 0.6 is 12.4 Å². The number of piperazine rings is 1. The molecule has 1 spiro atoms. The lowest BCUT2D eigenvalue weighted by atomic mass is 9.79. The SMILES string of the molecule is CCCCN1C(=O)[C@H](CC(C)C)NC(=O)C12CCN(C(c1ccc(S(=O)(=O)N(CC)CC)cc1)c1c(C)n[nH]c1C)CC2.Cl. The summed E-state index contributed by atoms with van der Waals surface area (Å²) in [6.07, 6.45) is 3.50. The molecule has 0 radical (unpaired) electrons. The normalized spacial score (nSPS) is 19.8. The number of halogens is 1. The molecule has 4 rings (SSSR count). The van der Waals surface area contributed by atoms with Crippen molar-refractivity contribution in [2.24, 2.45) is 5.92 Å². The van der Waals surface area contributed by atoms with Gasteiger partial charge in [0.25, 0.3) is 0 Å². The van der Waals surface area contributed by atoms with Crippen LogP contribution in [0.25, 0.3) is 0 Å². The number of hydrogen-bond donors (Lipinski definition) is 2. The van der Waals surface area contributed by atoms with Crippen LogP contribution in [0.5, 0.6) is 0 Å². The van der Waals surface area contributed by atoms with Crippen molar-refractivity contribution in [2.45, 2.75) is 103 Å². The number of piperidine rings is 1. The first-order valence-corrected chi connectivity index (χ1v) is 17.3. The number of benzene rings is 1. The summed E-state index contributed by atoms with van der Waals surface area (Å²) in [6.45, 7) is 16.5. The monoisotopic (exact) mass is 650 g/mol. The number of carbonyl (C=O) groups excluding carboxylic acids is 2. The van der Waals surface area contributed by atoms with Gasteiger partial charge in [-0.2, -0.15) is 9.40 Å². The van der Waals surface area contributed by atoms with E-state index in [1.807, 2.05) is 44.7 Å². The molecule has 44 heavy (non-hydrogen) atoms. The summed E-state index contributed by atoms with van der Waals surface area (Å²) in [6, 6.07) is 6.54. The number of aromatic nitrogens is 2. The minimum atomic E-state index is -3.58. The molecular weight excluding hydrogens is 600 g/mol. The molecule has 1 aromatic carbocycles. The molecular formula is C32H51ClN6O4S. The van der Waals surface area contributed by atoms with Crippen LogP contribution in [0.15, 0.2) is 29.2 Å². The maximum Gasteiger partial charge on any atom is 0.246 e. The first-order chi connectivity index (χ1) is 20.4. The fourth-order valence-electron chi connectivity index (χ4n) is 6.85. The minimum absolute atomic E-state index is 0. The van der Waals surface area contributed by atoms with Crippen molar-refractivity contribution >= 4 is 34.2 Å². The number of H-pyrrole nitrogens is 1. The maximum absolute atomic E-state index is 13.8. The molecule has 2 aromatic rings. The fourth-order valence-corrected chi connectivity index (χ4v) is 8.31. The van der Waals surface area contributed by atoms with Crippen LogP contribution in [0.2, 0.25) is 0 Å². The molecule has 2 aliphatic rings. The fraction of sp³-hybridized carbons (Fsp3) is 0.656. The quantitative estimate of drug-likeness (QED) is 0.347. The molecule has 2 saturated heterocycles. The van der Waals surface area contributed by atoms with Crippen LogP contribution in [0.1, 0.15) is 95.3 Å². The number of carbonyl (C=O) groups is 2. The van der Waals surface area contributed by atoms with Gasteiger partial charge in [-0.15, -0.1) is 12.4 Å². The summed E-state index contributed by atoms with van der Waals surface area (Å²) >= 11 is 0. The smallest absolute Gasteiger partial charge is 0.246 e. The van der Waals surface area contributed by atoms with Crippen molar-refractivity contribution in [3.63, 3.8) is 0 Å². The third-order valence-corrected chi connectivity index (χ3v) is 11.3. The van der Waals surface area contributed by atoms with E-state index in [0.717, 1.165) is 35.4 Å². The largest absolute Gasteiger partial charge is 0.342 e. The topological polar surface area (TPSA) is 119 Å². The number of nitrogens with one attached hydrogen (secondary N) is 2. The van der Waals surface area contributed by atoms with E-state index >= 15 is 0 Å². The zero-order chi connectivity index (χ0) is 31.5. The molecule has 12 heteroatoms. The van der Waals surface area contributed by atoms with E-state index in [9.17, 15) is 18.0 Å². The number of unbranched alkanes of at least 4 members (excludes halogenated alkanes) is 1. The summed E-state index contributed by atoms with van der Waals surface area (Å²) in [4.78, 5) is 32.1. The van der Waals surface area contributed by atoms with E-state index in [0.29, 0.717) is 57.9 Å². The van der Waals surface area contributed by atoms with Gasteiger partial charge in [-0.25, -0.2) is 8.42 Å². The van der Waals surface area contributed by atoms with Crippen LogP contribution in [0.4, 0.5) is 0 Å². The first kappa shape index (κ1) is 36.0. The number of likely N-dealkylation sites (tertiary alicyclic amines) is 1. The Balaban J connectivity index is 0.00000529. The van der Waals surface area contributed by atoms with Gasteiger partial charge < -0.3 is 10.2 Å². The molecule has 2 aliphatic heterocycles. The van der Waals surface area contributed by atoms with Gasteiger partial charge >= 0.3 is 0 Å². The Hall–Kier alpha value is -2.47. The van der Waals surface area contributed by atoms with Crippen molar-refractivity contribution in [2.75, 3.05) is 32.7 Å². The van der Waals surface area contributed by atoms with Gasteiger partial charge in [0.2, 0.25) is 21.8 Å². The lowest BCUT2D eigenvalue weighted by Crippen LogP contribution is -2.73. The van der Waals surface area contributed by atoms with Crippen LogP contribution in [-0.4, -0.2) is 88.8 Å². The summed E-state index contributed by atoms with van der Waals surface area (Å²) < 4.78 is 27.8. The number of aryl methyl sites for hydroxylation is 2. The lowest BCUT2D eigenvalue weighted by molar-refractivity contribution is -0.162. The molecule has 2 fully saturated rings. The zero-order valence-corrected chi connectivity index (χ0v) is 29.0. The molecule has 0 bridgehead atoms. The summed E-state index contributed by atoms with van der Waals surface area (Å²) in [5.74, 6) is 0.304. The Kier molecular flexibility index (Phi) is 12.1. The molecule has 0 aliphatic carbocycles. The van der Waals surface area contributed by atoms with Gasteiger partial charge in [-0.1, -0.05) is 53.2 Å². The molecule has 2 N–H and O–H groups in total. The Morgan fingerprint density at radius 2 is 1.66 bits per heavy atom. The van der Waals surface area contributed by atoms with E-state index in [2.05, 4.69) is 41.2 Å². The summed E-state index contributed by atoms with van der Waals surface area (Å²) in [5.41, 5.74) is 3.00. The van der Waals surface area contributed by atoms with E-state index in [-0.39, 0.29) is 35.2 Å². The van der Waals surface area contributed by atoms with Crippen LogP contribution in [0.3, 0.4) is 0 Å². The second-order valence-corrected chi connectivity index (χ2v) is 14.4. The molecule has 1 aromatic heterocycles. The van der Waals surface area contributed by atoms with Crippen molar-refractivity contribution < 1.29 is 18.0 Å². The van der Waals surface area contributed by atoms with Gasteiger partial charge in [0.1, 0.15) is 11.6 Å². The second-order valence-electron chi connectivity index (χ2n) is 12.5. The van der Waals surface area contributed by atoms with Crippen LogP contribution in [-0.2, 0) is 19.6 Å². The highest BCUT2D eigenvalue weighted by atomic mass is 35.5. The number of aromatic amines is 1. The summed E-state index contributed by atoms with van der Waals surface area (Å²) in [7, 11) is -3.58. The number of rotatable bonds is 12. The van der Waals surface area contributed by atoms with Crippen molar-refractivity contribution in [3.05, 3.63) is 46.8 Å². The first-order valence-electron chi connectivity index (χ1n) is 15.9. The van der Waals surface area contributed by atoms with E-state index in [1.54, 1.807) is 12.1 Å². The van der Waals surface area contributed by atoms with E-state index in [1.165, 1.54) is 4.31 Å². The highest BCUT2D eigenvalue weighted by Gasteiger charge is 2.54. The predicted octanol–water partition coefficient (Wildman–Crippen LogP) is 4.58. The Bertz CT molecular complexity index is 1360. The average Bonchev–Trinajstić information content (AvgIpc) is 3.30. The number of hydrogen-bond acceptors (Lipinski definition) is 6. The van der Waals surface area contributed by atoms with E-state index in [4.69, 9.17) is 0 Å². The number of amides is 2. The number of nitrogens with zero attached hydrogens (tertiary/aromatic N) is 4.